The third kappa shape index (κ3) is 4.89. The Labute approximate surface area is 136 Å². The Hall–Kier alpha value is -0.740. The second-order valence-corrected chi connectivity index (χ2v) is 7.21. The molecule has 0 unspecified atom stereocenters. The molecule has 0 saturated carbocycles. The summed E-state index contributed by atoms with van der Waals surface area (Å²) in [6, 6.07) is 4.16. The molecule has 1 aliphatic rings. The first-order chi connectivity index (χ1) is 10.0. The fourth-order valence-electron chi connectivity index (χ4n) is 2.50. The number of halogens is 1. The molecule has 0 aromatic heterocycles. The van der Waals surface area contributed by atoms with Crippen LogP contribution in [0.2, 0.25) is 0 Å². The van der Waals surface area contributed by atoms with E-state index in [1.165, 1.54) is 12.0 Å². The quantitative estimate of drug-likeness (QED) is 0.744. The predicted molar refractivity (Wildman–Crippen MR) is 90.4 cm³/mol. The summed E-state index contributed by atoms with van der Waals surface area (Å²) < 4.78 is 12.4. The summed E-state index contributed by atoms with van der Waals surface area (Å²) in [5.41, 5.74) is 1.64. The fourth-order valence-corrected chi connectivity index (χ4v) is 3.02. The van der Waals surface area contributed by atoms with E-state index in [9.17, 15) is 0 Å². The van der Waals surface area contributed by atoms with Gasteiger partial charge in [0, 0.05) is 4.47 Å². The second kappa shape index (κ2) is 7.50. The second-order valence-electron chi connectivity index (χ2n) is 6.36. The number of ether oxygens (including phenoxy) is 2. The van der Waals surface area contributed by atoms with E-state index in [0.29, 0.717) is 18.6 Å². The van der Waals surface area contributed by atoms with E-state index < -0.39 is 0 Å². The average Bonchev–Trinajstić information content (AvgIpc) is 2.45. The molecule has 0 atom stereocenters. The van der Waals surface area contributed by atoms with E-state index in [4.69, 9.17) is 9.47 Å². The summed E-state index contributed by atoms with van der Waals surface area (Å²) in [5.74, 6) is 1.73. The van der Waals surface area contributed by atoms with E-state index in [2.05, 4.69) is 48.1 Å². The van der Waals surface area contributed by atoms with Crippen molar-refractivity contribution in [3.8, 4) is 11.5 Å². The van der Waals surface area contributed by atoms with Gasteiger partial charge in [-0.3, -0.25) is 0 Å². The average molecular weight is 356 g/mol. The van der Waals surface area contributed by atoms with Crippen molar-refractivity contribution in [1.29, 1.82) is 0 Å². The molecule has 118 valence electrons. The van der Waals surface area contributed by atoms with Crippen LogP contribution in [0.25, 0.3) is 0 Å². The van der Waals surface area contributed by atoms with Gasteiger partial charge in [0.05, 0.1) is 0 Å². The summed E-state index contributed by atoms with van der Waals surface area (Å²) in [4.78, 5) is 0. The zero-order chi connectivity index (χ0) is 15.3. The Bertz CT molecular complexity index is 474. The zero-order valence-electron chi connectivity index (χ0n) is 13.3. The lowest BCUT2D eigenvalue weighted by Gasteiger charge is -2.25. The highest BCUT2D eigenvalue weighted by Gasteiger charge is 2.20. The van der Waals surface area contributed by atoms with Gasteiger partial charge >= 0.3 is 0 Å². The monoisotopic (exact) mass is 355 g/mol. The first kappa shape index (κ1) is 16.6. The van der Waals surface area contributed by atoms with Crippen LogP contribution in [0, 0.1) is 5.41 Å². The van der Waals surface area contributed by atoms with E-state index in [0.717, 1.165) is 41.9 Å². The molecule has 1 aromatic rings. The molecular weight excluding hydrogens is 330 g/mol. The third-order valence-corrected chi connectivity index (χ3v) is 4.75. The lowest BCUT2D eigenvalue weighted by Crippen LogP contribution is -2.22. The summed E-state index contributed by atoms with van der Waals surface area (Å²) >= 11 is 3.66. The number of fused-ring (bicyclic) bond motifs is 1. The van der Waals surface area contributed by atoms with Crippen molar-refractivity contribution in [3.63, 3.8) is 0 Å². The number of nitrogens with one attached hydrogen (secondary N) is 1. The van der Waals surface area contributed by atoms with E-state index in [1.54, 1.807) is 0 Å². The number of rotatable bonds is 7. The van der Waals surface area contributed by atoms with Crippen molar-refractivity contribution < 1.29 is 9.47 Å². The van der Waals surface area contributed by atoms with Crippen LogP contribution >= 0.6 is 15.9 Å². The van der Waals surface area contributed by atoms with E-state index >= 15 is 0 Å². The Morgan fingerprint density at radius 1 is 1.14 bits per heavy atom. The van der Waals surface area contributed by atoms with Crippen LogP contribution in [0.5, 0.6) is 11.5 Å². The van der Waals surface area contributed by atoms with Crippen LogP contribution in [0.4, 0.5) is 0 Å². The smallest absolute Gasteiger partial charge is 0.162 e. The molecular formula is C17H26BrNO2. The molecule has 1 heterocycles. The Kier molecular flexibility index (Phi) is 5.94. The molecule has 1 aromatic carbocycles. The van der Waals surface area contributed by atoms with Crippen LogP contribution in [-0.4, -0.2) is 26.3 Å². The largest absolute Gasteiger partial charge is 0.486 e. The van der Waals surface area contributed by atoms with Crippen molar-refractivity contribution >= 4 is 15.9 Å². The first-order valence-electron chi connectivity index (χ1n) is 7.80. The van der Waals surface area contributed by atoms with Gasteiger partial charge in [-0.25, -0.2) is 0 Å². The van der Waals surface area contributed by atoms with Crippen molar-refractivity contribution in [2.45, 2.75) is 40.0 Å². The Morgan fingerprint density at radius 2 is 1.81 bits per heavy atom. The minimum absolute atomic E-state index is 0.342. The molecule has 1 aliphatic heterocycles. The SMILES string of the molecule is CCNCCC(C)(C)CCc1cc2c(cc1Br)OCCO2. The number of aryl methyl sites for hydroxylation is 1. The van der Waals surface area contributed by atoms with Gasteiger partial charge in [0.1, 0.15) is 13.2 Å². The molecule has 0 bridgehead atoms. The highest BCUT2D eigenvalue weighted by molar-refractivity contribution is 9.10. The van der Waals surface area contributed by atoms with Crippen LogP contribution in [0.15, 0.2) is 16.6 Å². The maximum absolute atomic E-state index is 5.67. The highest BCUT2D eigenvalue weighted by atomic mass is 79.9. The number of hydrogen-bond acceptors (Lipinski definition) is 3. The molecule has 1 N–H and O–H groups in total. The molecule has 2 rings (SSSR count). The molecule has 0 amide bonds. The van der Waals surface area contributed by atoms with Gasteiger partial charge in [-0.15, -0.1) is 0 Å². The van der Waals surface area contributed by atoms with E-state index in [-0.39, 0.29) is 0 Å². The predicted octanol–water partition coefficient (Wildman–Crippen LogP) is 4.18. The molecule has 21 heavy (non-hydrogen) atoms. The van der Waals surface area contributed by atoms with Crippen molar-refractivity contribution in [3.05, 3.63) is 22.2 Å². The fraction of sp³-hybridized carbons (Fsp3) is 0.647. The summed E-state index contributed by atoms with van der Waals surface area (Å²) in [5, 5.41) is 3.41. The molecule has 3 nitrogen and oxygen atoms in total. The minimum Gasteiger partial charge on any atom is -0.486 e. The topological polar surface area (TPSA) is 30.5 Å². The van der Waals surface area contributed by atoms with Gasteiger partial charge in [0.2, 0.25) is 0 Å². The van der Waals surface area contributed by atoms with Crippen LogP contribution in [0.3, 0.4) is 0 Å². The van der Waals surface area contributed by atoms with E-state index in [1.807, 2.05) is 6.07 Å². The van der Waals surface area contributed by atoms with Gasteiger partial charge in [-0.05, 0) is 55.5 Å². The molecule has 0 aliphatic carbocycles. The third-order valence-electron chi connectivity index (χ3n) is 4.01. The van der Waals surface area contributed by atoms with Gasteiger partial charge in [-0.2, -0.15) is 0 Å². The Balaban J connectivity index is 1.96. The molecule has 4 heteroatoms. The van der Waals surface area contributed by atoms with Crippen molar-refractivity contribution in [2.75, 3.05) is 26.3 Å². The van der Waals surface area contributed by atoms with Gasteiger partial charge in [0.15, 0.2) is 11.5 Å². The van der Waals surface area contributed by atoms with Gasteiger partial charge in [0.25, 0.3) is 0 Å². The minimum atomic E-state index is 0.342. The molecule has 0 fully saturated rings. The summed E-state index contributed by atoms with van der Waals surface area (Å²) in [6.07, 6.45) is 3.41. The standard InChI is InChI=1S/C17H26BrNO2/c1-4-19-8-7-17(2,3)6-5-13-11-15-16(12-14(13)18)21-10-9-20-15/h11-12,19H,4-10H2,1-3H3. The van der Waals surface area contributed by atoms with Crippen molar-refractivity contribution in [1.82, 2.24) is 5.32 Å². The molecule has 0 spiro atoms. The van der Waals surface area contributed by atoms with Crippen LogP contribution < -0.4 is 14.8 Å². The summed E-state index contributed by atoms with van der Waals surface area (Å²) in [6.45, 7) is 10.2. The number of hydrogen-bond donors (Lipinski definition) is 1. The first-order valence-corrected chi connectivity index (χ1v) is 8.60. The van der Waals surface area contributed by atoms with Crippen LogP contribution in [0.1, 0.15) is 39.2 Å². The lowest BCUT2D eigenvalue weighted by atomic mass is 9.83. The van der Waals surface area contributed by atoms with Gasteiger partial charge in [-0.1, -0.05) is 36.7 Å². The Morgan fingerprint density at radius 3 is 2.48 bits per heavy atom. The lowest BCUT2D eigenvalue weighted by molar-refractivity contribution is 0.171. The maximum Gasteiger partial charge on any atom is 0.162 e. The van der Waals surface area contributed by atoms with Gasteiger partial charge < -0.3 is 14.8 Å². The normalized spacial score (nSPS) is 14.3. The zero-order valence-corrected chi connectivity index (χ0v) is 14.9. The maximum atomic E-state index is 5.67. The van der Waals surface area contributed by atoms with Crippen LogP contribution in [-0.2, 0) is 6.42 Å². The number of benzene rings is 1. The molecule has 0 radical (unpaired) electrons. The molecule has 0 saturated heterocycles. The summed E-state index contributed by atoms with van der Waals surface area (Å²) in [7, 11) is 0. The highest BCUT2D eigenvalue weighted by Crippen LogP contribution is 2.37. The van der Waals surface area contributed by atoms with Crippen molar-refractivity contribution in [2.24, 2.45) is 5.41 Å².